The molecule has 0 aliphatic rings. The van der Waals surface area contributed by atoms with Crippen LogP contribution < -0.4 is 20.9 Å². The number of benzene rings is 3. The molecule has 4 aromatic rings. The zero-order valence-electron chi connectivity index (χ0n) is 16.6. The Balaban J connectivity index is 1.30. The van der Waals surface area contributed by atoms with Crippen LogP contribution in [0.3, 0.4) is 0 Å². The Hall–Kier alpha value is -2.24. The van der Waals surface area contributed by atoms with Crippen LogP contribution in [0.1, 0.15) is 9.67 Å². The molecule has 0 aliphatic heterocycles. The highest BCUT2D eigenvalue weighted by Gasteiger charge is 2.18. The Morgan fingerprint density at radius 1 is 1.03 bits per heavy atom. The van der Waals surface area contributed by atoms with E-state index in [0.29, 0.717) is 15.6 Å². The average molecular weight is 628 g/mol. The average Bonchev–Trinajstić information content (AvgIpc) is 3.14. The summed E-state index contributed by atoms with van der Waals surface area (Å²) in [6.45, 7) is -0.258. The highest BCUT2D eigenvalue weighted by atomic mass is 79.9. The number of hydrazine groups is 1. The maximum absolute atomic E-state index is 12.5. The van der Waals surface area contributed by atoms with Crippen LogP contribution >= 0.6 is 67.0 Å². The molecular weight excluding hydrogens is 614 g/mol. The second-order valence-electron chi connectivity index (χ2n) is 6.73. The Morgan fingerprint density at radius 3 is 2.61 bits per heavy atom. The summed E-state index contributed by atoms with van der Waals surface area (Å²) in [5, 5.41) is 5.57. The molecule has 0 saturated carbocycles. The fraction of sp³-hybridized carbons (Fsp3) is 0.0455. The molecule has 3 aromatic carbocycles. The van der Waals surface area contributed by atoms with Crippen LogP contribution in [0.25, 0.3) is 20.9 Å². The quantitative estimate of drug-likeness (QED) is 0.193. The number of nitrogens with one attached hydrogen (secondary N) is 3. The molecule has 0 bridgehead atoms. The van der Waals surface area contributed by atoms with Crippen LogP contribution in [0, 0.1) is 0 Å². The van der Waals surface area contributed by atoms with Crippen molar-refractivity contribution in [2.24, 2.45) is 0 Å². The third kappa shape index (κ3) is 5.47. The predicted molar refractivity (Wildman–Crippen MR) is 143 cm³/mol. The molecule has 0 spiro atoms. The number of amides is 2. The van der Waals surface area contributed by atoms with Gasteiger partial charge in [0, 0.05) is 14.6 Å². The maximum Gasteiger partial charge on any atom is 0.276 e. The van der Waals surface area contributed by atoms with E-state index in [4.69, 9.17) is 28.6 Å². The molecule has 4 rings (SSSR count). The minimum absolute atomic E-state index is 0.0701. The molecule has 1 aromatic heterocycles. The number of hydrogen-bond acceptors (Lipinski definition) is 5. The molecule has 6 nitrogen and oxygen atoms in total. The van der Waals surface area contributed by atoms with Gasteiger partial charge in [0.05, 0.1) is 9.50 Å². The number of rotatable bonds is 4. The van der Waals surface area contributed by atoms with Gasteiger partial charge in [0.25, 0.3) is 11.8 Å². The smallest absolute Gasteiger partial charge is 0.276 e. The minimum atomic E-state index is -0.478. The Bertz CT molecular complexity index is 1410. The van der Waals surface area contributed by atoms with Crippen molar-refractivity contribution in [3.63, 3.8) is 0 Å². The van der Waals surface area contributed by atoms with E-state index in [9.17, 15) is 9.59 Å². The van der Waals surface area contributed by atoms with Gasteiger partial charge in [-0.3, -0.25) is 25.8 Å². The van der Waals surface area contributed by atoms with E-state index in [2.05, 4.69) is 48.0 Å². The third-order valence-corrected chi connectivity index (χ3v) is 7.71. The number of ether oxygens (including phenoxy) is 1. The van der Waals surface area contributed by atoms with E-state index >= 15 is 0 Å². The molecule has 0 atom stereocenters. The minimum Gasteiger partial charge on any atom is -0.483 e. The Labute approximate surface area is 219 Å². The lowest BCUT2D eigenvalue weighted by molar-refractivity contribution is -0.123. The predicted octanol–water partition coefficient (Wildman–Crippen LogP) is 5.95. The van der Waals surface area contributed by atoms with Gasteiger partial charge in [-0.2, -0.15) is 0 Å². The van der Waals surface area contributed by atoms with Crippen molar-refractivity contribution in [3.05, 3.63) is 73.4 Å². The standard InChI is InChI=1S/C22H14Br2ClN3O3S2/c23-12-6-7-13-11(9-12)5-8-15(18(13)24)31-10-17(29)27-28-22(32)26-21(30)20-19(25)14-3-1-2-4-16(14)33-20/h1-9H,10H2,(H,27,29)(H2,26,28,30,32). The van der Waals surface area contributed by atoms with E-state index in [1.165, 1.54) is 11.3 Å². The molecule has 0 saturated heterocycles. The molecule has 0 aliphatic carbocycles. The summed E-state index contributed by atoms with van der Waals surface area (Å²) in [7, 11) is 0. The number of thiophene rings is 1. The summed E-state index contributed by atoms with van der Waals surface area (Å²) in [4.78, 5) is 25.0. The Kier molecular flexibility index (Phi) is 7.50. The van der Waals surface area contributed by atoms with Gasteiger partial charge in [-0.15, -0.1) is 11.3 Å². The SMILES string of the molecule is O=C(COc1ccc2cc(Br)ccc2c1Br)NNC(=S)NC(=O)c1sc2ccccc2c1Cl. The van der Waals surface area contributed by atoms with E-state index in [1.54, 1.807) is 6.07 Å². The first-order chi connectivity index (χ1) is 15.8. The van der Waals surface area contributed by atoms with E-state index in [-0.39, 0.29) is 11.7 Å². The molecule has 3 N–H and O–H groups in total. The summed E-state index contributed by atoms with van der Waals surface area (Å²) in [5.74, 6) is -0.416. The largest absolute Gasteiger partial charge is 0.483 e. The third-order valence-electron chi connectivity index (χ3n) is 4.52. The summed E-state index contributed by atoms with van der Waals surface area (Å²) in [5.41, 5.74) is 4.88. The van der Waals surface area contributed by atoms with Crippen LogP contribution in [0.4, 0.5) is 0 Å². The van der Waals surface area contributed by atoms with Crippen molar-refractivity contribution in [2.75, 3.05) is 6.61 Å². The fourth-order valence-electron chi connectivity index (χ4n) is 3.01. The number of fused-ring (bicyclic) bond motifs is 2. The highest BCUT2D eigenvalue weighted by Crippen LogP contribution is 2.35. The molecular formula is C22H14Br2ClN3O3S2. The van der Waals surface area contributed by atoms with Crippen molar-refractivity contribution in [1.82, 2.24) is 16.2 Å². The van der Waals surface area contributed by atoms with E-state index in [1.807, 2.05) is 48.5 Å². The van der Waals surface area contributed by atoms with Crippen molar-refractivity contribution in [3.8, 4) is 5.75 Å². The van der Waals surface area contributed by atoms with Crippen LogP contribution in [0.2, 0.25) is 5.02 Å². The molecule has 0 unspecified atom stereocenters. The van der Waals surface area contributed by atoms with Gasteiger partial charge in [0.1, 0.15) is 10.6 Å². The molecule has 0 fully saturated rings. The van der Waals surface area contributed by atoms with E-state index in [0.717, 1.165) is 29.8 Å². The van der Waals surface area contributed by atoms with Crippen molar-refractivity contribution >= 4 is 105 Å². The molecule has 33 heavy (non-hydrogen) atoms. The van der Waals surface area contributed by atoms with Crippen molar-refractivity contribution in [2.45, 2.75) is 0 Å². The van der Waals surface area contributed by atoms with Gasteiger partial charge in [0.15, 0.2) is 11.7 Å². The van der Waals surface area contributed by atoms with Gasteiger partial charge in [-0.25, -0.2) is 0 Å². The normalized spacial score (nSPS) is 10.8. The maximum atomic E-state index is 12.5. The Morgan fingerprint density at radius 2 is 1.82 bits per heavy atom. The number of hydrogen-bond donors (Lipinski definition) is 3. The number of halogens is 3. The number of thiocarbonyl (C=S) groups is 1. The zero-order valence-corrected chi connectivity index (χ0v) is 22.1. The first kappa shape index (κ1) is 23.9. The van der Waals surface area contributed by atoms with Gasteiger partial charge < -0.3 is 4.74 Å². The summed E-state index contributed by atoms with van der Waals surface area (Å²) in [6, 6.07) is 17.0. The second kappa shape index (κ2) is 10.4. The first-order valence-corrected chi connectivity index (χ1v) is 12.6. The van der Waals surface area contributed by atoms with Crippen LogP contribution in [-0.4, -0.2) is 23.5 Å². The van der Waals surface area contributed by atoms with Gasteiger partial charge in [0.2, 0.25) is 0 Å². The highest BCUT2D eigenvalue weighted by molar-refractivity contribution is 9.11. The molecule has 168 valence electrons. The lowest BCUT2D eigenvalue weighted by Crippen LogP contribution is -2.49. The molecule has 0 radical (unpaired) electrons. The number of carbonyl (C=O) groups is 2. The summed E-state index contributed by atoms with van der Waals surface area (Å²) in [6.07, 6.45) is 0. The van der Waals surface area contributed by atoms with Crippen LogP contribution in [0.5, 0.6) is 5.75 Å². The summed E-state index contributed by atoms with van der Waals surface area (Å²) >= 11 is 19.6. The topological polar surface area (TPSA) is 79.5 Å². The van der Waals surface area contributed by atoms with Crippen molar-refractivity contribution in [1.29, 1.82) is 0 Å². The molecule has 2 amide bonds. The monoisotopic (exact) mass is 625 g/mol. The van der Waals surface area contributed by atoms with Gasteiger partial charge >= 0.3 is 0 Å². The van der Waals surface area contributed by atoms with Crippen molar-refractivity contribution < 1.29 is 14.3 Å². The first-order valence-electron chi connectivity index (χ1n) is 9.41. The van der Waals surface area contributed by atoms with Crippen LogP contribution in [0.15, 0.2) is 63.5 Å². The lowest BCUT2D eigenvalue weighted by Gasteiger charge is -2.12. The van der Waals surface area contributed by atoms with Gasteiger partial charge in [-0.05, 0) is 63.2 Å². The van der Waals surface area contributed by atoms with Crippen LogP contribution in [-0.2, 0) is 4.79 Å². The molecule has 11 heteroatoms. The number of carbonyl (C=O) groups excluding carboxylic acids is 2. The lowest BCUT2D eigenvalue weighted by atomic mass is 10.1. The summed E-state index contributed by atoms with van der Waals surface area (Å²) < 4.78 is 8.22. The van der Waals surface area contributed by atoms with E-state index < -0.39 is 11.8 Å². The second-order valence-corrected chi connectivity index (χ2v) is 10.3. The van der Waals surface area contributed by atoms with Gasteiger partial charge in [-0.1, -0.05) is 57.9 Å². The fourth-order valence-corrected chi connectivity index (χ4v) is 5.55. The zero-order chi connectivity index (χ0) is 23.5. The molecule has 1 heterocycles.